The molecule has 17 heavy (non-hydrogen) atoms. The van der Waals surface area contributed by atoms with Gasteiger partial charge in [0.1, 0.15) is 0 Å². The molecule has 0 spiro atoms. The highest BCUT2D eigenvalue weighted by Gasteiger charge is 2.16. The molecule has 92 valence electrons. The van der Waals surface area contributed by atoms with Crippen molar-refractivity contribution in [3.05, 3.63) is 32.7 Å². The number of hydrogen-bond acceptors (Lipinski definition) is 2. The van der Waals surface area contributed by atoms with E-state index in [0.717, 1.165) is 21.9 Å². The predicted octanol–water partition coefficient (Wildman–Crippen LogP) is 2.69. The van der Waals surface area contributed by atoms with Crippen molar-refractivity contribution < 1.29 is 4.79 Å². The molecule has 1 fully saturated rings. The summed E-state index contributed by atoms with van der Waals surface area (Å²) in [7, 11) is 0. The van der Waals surface area contributed by atoms with E-state index in [4.69, 9.17) is 0 Å². The number of hydrogen-bond donors (Lipinski definition) is 2. The molecule has 1 saturated heterocycles. The zero-order valence-electron chi connectivity index (χ0n) is 9.30. The van der Waals surface area contributed by atoms with Crippen LogP contribution in [-0.2, 0) is 0 Å². The van der Waals surface area contributed by atoms with E-state index in [1.54, 1.807) is 0 Å². The van der Waals surface area contributed by atoms with E-state index < -0.39 is 0 Å². The first-order valence-corrected chi connectivity index (χ1v) is 7.22. The standard InChI is InChI=1S/C12H14Br2N2O/c13-8-3-4-10(11(14)6-8)12(17)16-7-9-2-1-5-15-9/h3-4,6,9,15H,1-2,5,7H2,(H,16,17). The molecule has 0 aromatic heterocycles. The third-order valence-electron chi connectivity index (χ3n) is 2.85. The van der Waals surface area contributed by atoms with Crippen LogP contribution in [0.5, 0.6) is 0 Å². The average Bonchev–Trinajstić information content (AvgIpc) is 2.78. The van der Waals surface area contributed by atoms with Gasteiger partial charge >= 0.3 is 0 Å². The summed E-state index contributed by atoms with van der Waals surface area (Å²) in [6.45, 7) is 1.75. The summed E-state index contributed by atoms with van der Waals surface area (Å²) >= 11 is 6.76. The summed E-state index contributed by atoms with van der Waals surface area (Å²) in [6.07, 6.45) is 2.34. The average molecular weight is 362 g/mol. The van der Waals surface area contributed by atoms with Gasteiger partial charge in [-0.15, -0.1) is 0 Å². The van der Waals surface area contributed by atoms with Crippen molar-refractivity contribution >= 4 is 37.8 Å². The van der Waals surface area contributed by atoms with Gasteiger partial charge in [0.2, 0.25) is 0 Å². The molecule has 1 heterocycles. The second-order valence-electron chi connectivity index (χ2n) is 4.13. The minimum absolute atomic E-state index is 0.0296. The van der Waals surface area contributed by atoms with Gasteiger partial charge in [0.05, 0.1) is 5.56 Å². The van der Waals surface area contributed by atoms with E-state index in [2.05, 4.69) is 42.5 Å². The van der Waals surface area contributed by atoms with E-state index >= 15 is 0 Å². The second kappa shape index (κ2) is 5.98. The van der Waals surface area contributed by atoms with Gasteiger partial charge in [-0.25, -0.2) is 0 Å². The maximum absolute atomic E-state index is 11.9. The van der Waals surface area contributed by atoms with Crippen molar-refractivity contribution in [2.75, 3.05) is 13.1 Å². The van der Waals surface area contributed by atoms with Crippen molar-refractivity contribution in [3.8, 4) is 0 Å². The first-order valence-electron chi connectivity index (χ1n) is 5.63. The maximum Gasteiger partial charge on any atom is 0.252 e. The Bertz CT molecular complexity index is 417. The highest BCUT2D eigenvalue weighted by molar-refractivity contribution is 9.11. The Morgan fingerprint density at radius 3 is 2.94 bits per heavy atom. The summed E-state index contributed by atoms with van der Waals surface area (Å²) in [5, 5.41) is 6.31. The first kappa shape index (κ1) is 13.1. The first-order chi connectivity index (χ1) is 8.16. The Morgan fingerprint density at radius 2 is 2.29 bits per heavy atom. The molecular weight excluding hydrogens is 348 g/mol. The highest BCUT2D eigenvalue weighted by Crippen LogP contribution is 2.21. The van der Waals surface area contributed by atoms with E-state index in [9.17, 15) is 4.79 Å². The van der Waals surface area contributed by atoms with Crippen LogP contribution in [-0.4, -0.2) is 25.0 Å². The Kier molecular flexibility index (Phi) is 4.59. The molecule has 1 aliphatic heterocycles. The molecule has 1 aromatic rings. The molecular formula is C12H14Br2N2O. The molecule has 1 atom stereocenters. The van der Waals surface area contributed by atoms with Crippen molar-refractivity contribution in [2.45, 2.75) is 18.9 Å². The number of benzene rings is 1. The molecule has 1 amide bonds. The van der Waals surface area contributed by atoms with E-state index in [0.29, 0.717) is 18.2 Å². The minimum atomic E-state index is -0.0296. The lowest BCUT2D eigenvalue weighted by molar-refractivity contribution is 0.0949. The molecule has 1 unspecified atom stereocenters. The smallest absolute Gasteiger partial charge is 0.252 e. The zero-order valence-corrected chi connectivity index (χ0v) is 12.5. The highest BCUT2D eigenvalue weighted by atomic mass is 79.9. The number of rotatable bonds is 3. The van der Waals surface area contributed by atoms with Crippen LogP contribution in [0.2, 0.25) is 0 Å². The summed E-state index contributed by atoms with van der Waals surface area (Å²) in [4.78, 5) is 11.9. The minimum Gasteiger partial charge on any atom is -0.350 e. The third-order valence-corrected chi connectivity index (χ3v) is 4.00. The van der Waals surface area contributed by atoms with Crippen molar-refractivity contribution in [1.29, 1.82) is 0 Å². The van der Waals surface area contributed by atoms with E-state index in [1.165, 1.54) is 6.42 Å². The maximum atomic E-state index is 11.9. The van der Waals surface area contributed by atoms with Gasteiger partial charge in [0.25, 0.3) is 5.91 Å². The molecule has 2 rings (SSSR count). The number of halogens is 2. The third kappa shape index (κ3) is 3.53. The summed E-state index contributed by atoms with van der Waals surface area (Å²) in [6, 6.07) is 5.98. The lowest BCUT2D eigenvalue weighted by Gasteiger charge is -2.12. The molecule has 5 heteroatoms. The summed E-state index contributed by atoms with van der Waals surface area (Å²) in [5.74, 6) is -0.0296. The summed E-state index contributed by atoms with van der Waals surface area (Å²) in [5.41, 5.74) is 0.672. The second-order valence-corrected chi connectivity index (χ2v) is 5.90. The molecule has 1 aromatic carbocycles. The van der Waals surface area contributed by atoms with Gasteiger partial charge < -0.3 is 10.6 Å². The van der Waals surface area contributed by atoms with Crippen LogP contribution >= 0.6 is 31.9 Å². The van der Waals surface area contributed by atoms with Crippen LogP contribution in [0.25, 0.3) is 0 Å². The van der Waals surface area contributed by atoms with Crippen LogP contribution in [0, 0.1) is 0 Å². The van der Waals surface area contributed by atoms with Gasteiger partial charge in [-0.1, -0.05) is 15.9 Å². The largest absolute Gasteiger partial charge is 0.350 e. The Morgan fingerprint density at radius 1 is 1.47 bits per heavy atom. The number of nitrogens with one attached hydrogen (secondary N) is 2. The topological polar surface area (TPSA) is 41.1 Å². The van der Waals surface area contributed by atoms with Crippen LogP contribution in [0.15, 0.2) is 27.1 Å². The van der Waals surface area contributed by atoms with E-state index in [1.807, 2.05) is 18.2 Å². The fourth-order valence-electron chi connectivity index (χ4n) is 1.92. The zero-order chi connectivity index (χ0) is 12.3. The van der Waals surface area contributed by atoms with Gasteiger partial charge in [-0.2, -0.15) is 0 Å². The molecule has 0 aliphatic carbocycles. The fourth-order valence-corrected chi connectivity index (χ4v) is 3.14. The molecule has 0 bridgehead atoms. The molecule has 0 radical (unpaired) electrons. The van der Waals surface area contributed by atoms with Gasteiger partial charge in [0, 0.05) is 21.5 Å². The quantitative estimate of drug-likeness (QED) is 0.869. The van der Waals surface area contributed by atoms with Crippen LogP contribution in [0.4, 0.5) is 0 Å². The van der Waals surface area contributed by atoms with Crippen LogP contribution in [0.3, 0.4) is 0 Å². The lowest BCUT2D eigenvalue weighted by atomic mass is 10.2. The molecule has 0 saturated carbocycles. The monoisotopic (exact) mass is 360 g/mol. The van der Waals surface area contributed by atoms with Crippen LogP contribution < -0.4 is 10.6 Å². The van der Waals surface area contributed by atoms with E-state index in [-0.39, 0.29) is 5.91 Å². The van der Waals surface area contributed by atoms with Gasteiger partial charge in [0.15, 0.2) is 0 Å². The Labute approximate surface area is 118 Å². The Balaban J connectivity index is 1.94. The summed E-state index contributed by atoms with van der Waals surface area (Å²) < 4.78 is 1.77. The molecule has 3 nitrogen and oxygen atoms in total. The molecule has 1 aliphatic rings. The van der Waals surface area contributed by atoms with Crippen molar-refractivity contribution in [2.24, 2.45) is 0 Å². The SMILES string of the molecule is O=C(NCC1CCCN1)c1ccc(Br)cc1Br. The number of carbonyl (C=O) groups is 1. The van der Waals surface area contributed by atoms with Gasteiger partial charge in [-0.05, 0) is 53.5 Å². The lowest BCUT2D eigenvalue weighted by Crippen LogP contribution is -2.37. The predicted molar refractivity (Wildman–Crippen MR) is 75.2 cm³/mol. The molecule has 2 N–H and O–H groups in total. The van der Waals surface area contributed by atoms with Crippen molar-refractivity contribution in [3.63, 3.8) is 0 Å². The number of carbonyl (C=O) groups excluding carboxylic acids is 1. The van der Waals surface area contributed by atoms with Crippen LogP contribution in [0.1, 0.15) is 23.2 Å². The Hall–Kier alpha value is -0.390. The van der Waals surface area contributed by atoms with Gasteiger partial charge in [-0.3, -0.25) is 4.79 Å². The fraction of sp³-hybridized carbons (Fsp3) is 0.417. The number of amides is 1. The normalized spacial score (nSPS) is 19.3. The van der Waals surface area contributed by atoms with Crippen molar-refractivity contribution in [1.82, 2.24) is 10.6 Å².